The zero-order valence-corrected chi connectivity index (χ0v) is 26.5. The van der Waals surface area contributed by atoms with Gasteiger partial charge >= 0.3 is 0 Å². The number of halogens is 2. The lowest BCUT2D eigenvalue weighted by Gasteiger charge is -2.53. The third-order valence-electron chi connectivity index (χ3n) is 8.96. The number of ether oxygens (including phenoxy) is 3. The van der Waals surface area contributed by atoms with Gasteiger partial charge in [0.1, 0.15) is 28.5 Å². The SMILES string of the molecule is CC1N(c2cc(C#CC3CCCO3)c[nH]c2=O)CCOC12COC2.FC(F)c1nc(N2CCCC2)c2oc3ccccc3c2n1.O=CO. The molecule has 1 spiro atoms. The molecule has 0 saturated carbocycles. The second kappa shape index (κ2) is 14.7. The first-order chi connectivity index (χ1) is 23.3. The molecule has 48 heavy (non-hydrogen) atoms. The molecule has 7 heterocycles. The fourth-order valence-corrected chi connectivity index (χ4v) is 6.35. The van der Waals surface area contributed by atoms with Crippen molar-refractivity contribution in [3.05, 3.63) is 58.3 Å². The number of rotatable bonds is 3. The van der Waals surface area contributed by atoms with Gasteiger partial charge in [0.25, 0.3) is 18.5 Å². The van der Waals surface area contributed by atoms with Crippen LogP contribution in [0.15, 0.2) is 45.7 Å². The number of pyridine rings is 1. The summed E-state index contributed by atoms with van der Waals surface area (Å²) in [5, 5.41) is 7.64. The van der Waals surface area contributed by atoms with Crippen molar-refractivity contribution in [3.63, 3.8) is 0 Å². The molecule has 2 N–H and O–H groups in total. The van der Waals surface area contributed by atoms with Crippen LogP contribution in [0.2, 0.25) is 0 Å². The molecule has 1 aromatic carbocycles. The third kappa shape index (κ3) is 6.85. The number of alkyl halides is 2. The van der Waals surface area contributed by atoms with E-state index in [1.807, 2.05) is 35.2 Å². The van der Waals surface area contributed by atoms with Gasteiger partial charge in [-0.3, -0.25) is 9.59 Å². The second-order valence-corrected chi connectivity index (χ2v) is 11.9. The van der Waals surface area contributed by atoms with Crippen LogP contribution in [0, 0.1) is 11.8 Å². The average molecular weight is 666 g/mol. The van der Waals surface area contributed by atoms with Crippen LogP contribution in [0.5, 0.6) is 0 Å². The zero-order valence-electron chi connectivity index (χ0n) is 26.5. The van der Waals surface area contributed by atoms with Crippen molar-refractivity contribution in [1.82, 2.24) is 15.0 Å². The Hall–Kier alpha value is -4.58. The third-order valence-corrected chi connectivity index (χ3v) is 8.96. The number of aromatic nitrogens is 3. The number of fused-ring (bicyclic) bond motifs is 3. The van der Waals surface area contributed by atoms with Crippen LogP contribution in [-0.4, -0.2) is 90.3 Å². The van der Waals surface area contributed by atoms with Crippen molar-refractivity contribution < 1.29 is 37.3 Å². The topological polar surface area (TPSA) is 143 Å². The van der Waals surface area contributed by atoms with E-state index in [-0.39, 0.29) is 29.8 Å². The fourth-order valence-electron chi connectivity index (χ4n) is 6.35. The molecule has 14 heteroatoms. The second-order valence-electron chi connectivity index (χ2n) is 11.9. The number of H-pyrrole nitrogens is 1. The molecule has 0 aliphatic carbocycles. The van der Waals surface area contributed by atoms with E-state index in [0.717, 1.165) is 56.3 Å². The summed E-state index contributed by atoms with van der Waals surface area (Å²) in [5.74, 6) is 6.32. The van der Waals surface area contributed by atoms with Crippen molar-refractivity contribution in [1.29, 1.82) is 0 Å². The smallest absolute Gasteiger partial charge is 0.297 e. The first-order valence-corrected chi connectivity index (χ1v) is 16.0. The van der Waals surface area contributed by atoms with E-state index in [0.29, 0.717) is 54.6 Å². The highest BCUT2D eigenvalue weighted by Gasteiger charge is 2.50. The Labute approximate surface area is 275 Å². The Morgan fingerprint density at radius 3 is 2.58 bits per heavy atom. The minimum atomic E-state index is -2.69. The van der Waals surface area contributed by atoms with Crippen LogP contribution in [0.25, 0.3) is 22.1 Å². The van der Waals surface area contributed by atoms with Crippen LogP contribution in [0.4, 0.5) is 20.3 Å². The van der Waals surface area contributed by atoms with Gasteiger partial charge < -0.3 is 38.5 Å². The van der Waals surface area contributed by atoms with Gasteiger partial charge in [-0.1, -0.05) is 24.0 Å². The molecule has 4 aromatic rings. The lowest BCUT2D eigenvalue weighted by molar-refractivity contribution is -0.228. The summed E-state index contributed by atoms with van der Waals surface area (Å²) in [6.07, 6.45) is 3.10. The normalized spacial score (nSPS) is 21.2. The number of furan rings is 1. The molecular weight excluding hydrogens is 628 g/mol. The summed E-state index contributed by atoms with van der Waals surface area (Å²) in [5.41, 5.74) is 2.69. The molecule has 2 unspecified atom stereocenters. The van der Waals surface area contributed by atoms with Crippen molar-refractivity contribution in [2.45, 2.75) is 56.8 Å². The van der Waals surface area contributed by atoms with E-state index in [2.05, 4.69) is 38.6 Å². The van der Waals surface area contributed by atoms with Gasteiger partial charge in [-0.05, 0) is 50.8 Å². The van der Waals surface area contributed by atoms with Gasteiger partial charge in [-0.15, -0.1) is 0 Å². The Morgan fingerprint density at radius 1 is 1.12 bits per heavy atom. The van der Waals surface area contributed by atoms with E-state index in [1.54, 1.807) is 6.20 Å². The maximum absolute atomic E-state index is 13.1. The molecule has 0 bridgehead atoms. The van der Waals surface area contributed by atoms with Crippen molar-refractivity contribution in [3.8, 4) is 11.8 Å². The summed E-state index contributed by atoms with van der Waals surface area (Å²) < 4.78 is 48.8. The van der Waals surface area contributed by atoms with Crippen LogP contribution in [0.1, 0.15) is 50.4 Å². The van der Waals surface area contributed by atoms with Crippen LogP contribution < -0.4 is 15.4 Å². The number of hydrogen-bond acceptors (Lipinski definition) is 10. The number of hydrogen-bond donors (Lipinski definition) is 2. The molecule has 2 atom stereocenters. The van der Waals surface area contributed by atoms with Crippen molar-refractivity contribution >= 4 is 40.0 Å². The number of anilines is 2. The van der Waals surface area contributed by atoms with E-state index in [4.69, 9.17) is 28.5 Å². The van der Waals surface area contributed by atoms with Gasteiger partial charge in [0.15, 0.2) is 17.2 Å². The zero-order chi connectivity index (χ0) is 33.7. The van der Waals surface area contributed by atoms with Gasteiger partial charge in [-0.2, -0.15) is 0 Å². The molecule has 4 aliphatic heterocycles. The number of para-hydroxylation sites is 1. The highest BCUT2D eigenvalue weighted by molar-refractivity contribution is 6.05. The summed E-state index contributed by atoms with van der Waals surface area (Å²) in [7, 11) is 0. The molecule has 3 aromatic heterocycles. The molecule has 0 amide bonds. The largest absolute Gasteiger partial charge is 0.483 e. The number of benzene rings is 1. The molecule has 4 fully saturated rings. The monoisotopic (exact) mass is 665 g/mol. The molecule has 12 nitrogen and oxygen atoms in total. The number of nitrogens with one attached hydrogen (secondary N) is 1. The summed E-state index contributed by atoms with van der Waals surface area (Å²) in [6, 6.07) is 9.29. The van der Waals surface area contributed by atoms with Crippen LogP contribution >= 0.6 is 0 Å². The fraction of sp³-hybridized carbons (Fsp3) is 0.471. The Kier molecular flexibility index (Phi) is 10.2. The van der Waals surface area contributed by atoms with Crippen LogP contribution in [-0.2, 0) is 19.0 Å². The van der Waals surface area contributed by atoms with Crippen molar-refractivity contribution in [2.24, 2.45) is 0 Å². The minimum absolute atomic E-state index is 0.0121. The molecule has 254 valence electrons. The predicted octanol–water partition coefficient (Wildman–Crippen LogP) is 4.51. The first-order valence-electron chi connectivity index (χ1n) is 16.0. The number of morpholine rings is 1. The van der Waals surface area contributed by atoms with E-state index in [1.165, 1.54) is 0 Å². The number of aromatic amines is 1. The maximum atomic E-state index is 13.1. The van der Waals surface area contributed by atoms with Gasteiger partial charge in [-0.25, -0.2) is 18.7 Å². The predicted molar refractivity (Wildman–Crippen MR) is 174 cm³/mol. The maximum Gasteiger partial charge on any atom is 0.297 e. The number of carbonyl (C=O) groups is 1. The lowest BCUT2D eigenvalue weighted by atomic mass is 9.90. The molecular formula is C34H37F2N5O7. The Bertz CT molecular complexity index is 1850. The first kappa shape index (κ1) is 33.3. The minimum Gasteiger partial charge on any atom is -0.483 e. The van der Waals surface area contributed by atoms with E-state index >= 15 is 0 Å². The Balaban J connectivity index is 0.000000156. The average Bonchev–Trinajstić information content (AvgIpc) is 3.86. The van der Waals surface area contributed by atoms with Crippen LogP contribution in [0.3, 0.4) is 0 Å². The number of carboxylic acid groups (broad SMARTS) is 1. The van der Waals surface area contributed by atoms with Gasteiger partial charge in [0, 0.05) is 43.4 Å². The van der Waals surface area contributed by atoms with Gasteiger partial charge in [0.2, 0.25) is 0 Å². The molecule has 4 aliphatic rings. The number of nitrogens with zero attached hydrogens (tertiary/aromatic N) is 4. The summed E-state index contributed by atoms with van der Waals surface area (Å²) in [4.78, 5) is 35.7. The molecule has 8 rings (SSSR count). The van der Waals surface area contributed by atoms with E-state index < -0.39 is 12.2 Å². The van der Waals surface area contributed by atoms with Gasteiger partial charge in [0.05, 0.1) is 25.9 Å². The standard InChI is InChI=1S/C18H22N2O4.C15H13F2N3O.CH2O2/c1-13-18(11-22-12-18)24-8-6-20(13)16-9-14(10-19-17(16)21)4-5-15-3-2-7-23-15;16-13(17)14-18-11-9-5-1-2-6-10(9)21-12(11)15(19-14)20-7-3-4-8-20;2-1-3/h9-10,13,15H,2-3,6-8,11-12H2,1H3,(H,19,21);1-2,5-6,13H,3-4,7-8H2;1H,(H,2,3). The molecule has 4 saturated heterocycles. The molecule has 0 radical (unpaired) electrons. The quantitative estimate of drug-likeness (QED) is 0.236. The summed E-state index contributed by atoms with van der Waals surface area (Å²) >= 11 is 0. The highest BCUT2D eigenvalue weighted by atomic mass is 19.3. The Morgan fingerprint density at radius 2 is 1.90 bits per heavy atom. The lowest BCUT2D eigenvalue weighted by Crippen LogP contribution is -2.68. The van der Waals surface area contributed by atoms with Crippen molar-refractivity contribution in [2.75, 3.05) is 55.9 Å². The van der Waals surface area contributed by atoms with E-state index in [9.17, 15) is 13.6 Å². The summed E-state index contributed by atoms with van der Waals surface area (Å²) in [6.45, 7) is 6.70. The highest BCUT2D eigenvalue weighted by Crippen LogP contribution is 2.36.